The maximum Gasteiger partial charge on any atom is 0.119 e. The zero-order chi connectivity index (χ0) is 16.8. The summed E-state index contributed by atoms with van der Waals surface area (Å²) in [7, 11) is 2.01. The van der Waals surface area contributed by atoms with Crippen molar-refractivity contribution in [2.24, 2.45) is 5.92 Å². The highest BCUT2D eigenvalue weighted by molar-refractivity contribution is 5.30. The Bertz CT molecular complexity index is 615. The van der Waals surface area contributed by atoms with E-state index in [0.717, 1.165) is 18.7 Å². The molecule has 4 nitrogen and oxygen atoms in total. The van der Waals surface area contributed by atoms with E-state index in [0.29, 0.717) is 24.6 Å². The topological polar surface area (TPSA) is 45.3 Å². The third kappa shape index (κ3) is 4.15. The number of ether oxygens (including phenoxy) is 1. The molecule has 0 amide bonds. The van der Waals surface area contributed by atoms with Gasteiger partial charge in [0.25, 0.3) is 0 Å². The van der Waals surface area contributed by atoms with Crippen LogP contribution in [-0.2, 0) is 6.42 Å². The lowest BCUT2D eigenvalue weighted by Crippen LogP contribution is -2.31. The van der Waals surface area contributed by atoms with E-state index in [1.54, 1.807) is 0 Å². The number of hydrogen-bond acceptors (Lipinski definition) is 4. The Morgan fingerprint density at radius 1 is 1.00 bits per heavy atom. The second-order valence-corrected chi connectivity index (χ2v) is 6.43. The monoisotopic (exact) mass is 325 g/mol. The minimum absolute atomic E-state index is 0.325. The summed E-state index contributed by atoms with van der Waals surface area (Å²) < 4.78 is 5.87. The normalized spacial score (nSPS) is 23.3. The van der Waals surface area contributed by atoms with E-state index in [1.807, 2.05) is 13.1 Å². The molecule has 3 atom stereocenters. The summed E-state index contributed by atoms with van der Waals surface area (Å²) in [6.45, 7) is 3.91. The molecule has 24 heavy (non-hydrogen) atoms. The zero-order valence-electron chi connectivity index (χ0n) is 14.5. The molecule has 1 aliphatic heterocycles. The Balaban J connectivity index is 1.55. The number of hydrogen-bond donors (Lipinski definition) is 3. The quantitative estimate of drug-likeness (QED) is 0.732. The van der Waals surface area contributed by atoms with Gasteiger partial charge in [-0.25, -0.2) is 5.43 Å². The Morgan fingerprint density at radius 2 is 1.75 bits per heavy atom. The second-order valence-electron chi connectivity index (χ2n) is 6.43. The van der Waals surface area contributed by atoms with Crippen LogP contribution >= 0.6 is 0 Å². The third-order valence-electron chi connectivity index (χ3n) is 4.72. The van der Waals surface area contributed by atoms with Gasteiger partial charge in [-0.1, -0.05) is 42.5 Å². The number of benzene rings is 2. The van der Waals surface area contributed by atoms with Gasteiger partial charge < -0.3 is 10.1 Å². The summed E-state index contributed by atoms with van der Waals surface area (Å²) in [5, 5.41) is 3.29. The maximum atomic E-state index is 5.87. The molecule has 1 saturated heterocycles. The Labute approximate surface area is 144 Å². The molecule has 3 N–H and O–H groups in total. The molecule has 2 aromatic rings. The molecule has 4 heteroatoms. The summed E-state index contributed by atoms with van der Waals surface area (Å²) in [6.07, 6.45) is 0.929. The smallest absolute Gasteiger partial charge is 0.119 e. The van der Waals surface area contributed by atoms with Crippen LogP contribution in [-0.4, -0.2) is 26.2 Å². The maximum absolute atomic E-state index is 5.87. The van der Waals surface area contributed by atoms with Gasteiger partial charge in [-0.15, -0.1) is 0 Å². The van der Waals surface area contributed by atoms with Gasteiger partial charge in [-0.2, -0.15) is 0 Å². The van der Waals surface area contributed by atoms with Crippen LogP contribution in [0.4, 0.5) is 0 Å². The van der Waals surface area contributed by atoms with Gasteiger partial charge in [0.2, 0.25) is 0 Å². The molecule has 2 aromatic carbocycles. The lowest BCUT2D eigenvalue weighted by molar-refractivity contribution is 0.321. The van der Waals surface area contributed by atoms with Crippen LogP contribution in [0.15, 0.2) is 54.6 Å². The van der Waals surface area contributed by atoms with E-state index in [4.69, 9.17) is 4.74 Å². The molecule has 1 aliphatic rings. The lowest BCUT2D eigenvalue weighted by Gasteiger charge is -2.21. The van der Waals surface area contributed by atoms with Crippen molar-refractivity contribution in [3.63, 3.8) is 0 Å². The minimum atomic E-state index is 0.325. The van der Waals surface area contributed by atoms with Gasteiger partial charge in [0, 0.05) is 24.9 Å². The summed E-state index contributed by atoms with van der Waals surface area (Å²) in [5.41, 5.74) is 9.36. The first-order valence-electron chi connectivity index (χ1n) is 8.70. The summed E-state index contributed by atoms with van der Waals surface area (Å²) in [5.74, 6) is 1.46. The zero-order valence-corrected chi connectivity index (χ0v) is 14.5. The number of hydrazine groups is 1. The average molecular weight is 325 g/mol. The minimum Gasteiger partial charge on any atom is -0.493 e. The van der Waals surface area contributed by atoms with Gasteiger partial charge in [0.15, 0.2) is 0 Å². The van der Waals surface area contributed by atoms with Crippen LogP contribution in [0.1, 0.15) is 24.1 Å². The van der Waals surface area contributed by atoms with Crippen LogP contribution < -0.4 is 20.9 Å². The molecule has 0 bridgehead atoms. The van der Waals surface area contributed by atoms with Crippen molar-refractivity contribution in [3.05, 3.63) is 65.7 Å². The van der Waals surface area contributed by atoms with Gasteiger partial charge in [0.05, 0.1) is 12.6 Å². The molecule has 0 saturated carbocycles. The van der Waals surface area contributed by atoms with Crippen LogP contribution in [0.5, 0.6) is 5.75 Å². The van der Waals surface area contributed by atoms with E-state index in [9.17, 15) is 0 Å². The van der Waals surface area contributed by atoms with Crippen LogP contribution in [0.25, 0.3) is 0 Å². The Morgan fingerprint density at radius 3 is 2.46 bits per heavy atom. The van der Waals surface area contributed by atoms with Gasteiger partial charge in [0.1, 0.15) is 5.75 Å². The van der Waals surface area contributed by atoms with Gasteiger partial charge in [-0.3, -0.25) is 5.43 Å². The largest absolute Gasteiger partial charge is 0.493 e. The molecule has 3 unspecified atom stereocenters. The van der Waals surface area contributed by atoms with Crippen molar-refractivity contribution in [1.29, 1.82) is 0 Å². The van der Waals surface area contributed by atoms with Crippen molar-refractivity contribution in [2.75, 3.05) is 20.2 Å². The molecule has 0 aliphatic carbocycles. The highest BCUT2D eigenvalue weighted by Gasteiger charge is 2.33. The Kier molecular flexibility index (Phi) is 5.86. The van der Waals surface area contributed by atoms with Crippen molar-refractivity contribution in [3.8, 4) is 5.75 Å². The van der Waals surface area contributed by atoms with Crippen LogP contribution in [0.3, 0.4) is 0 Å². The van der Waals surface area contributed by atoms with Crippen molar-refractivity contribution in [2.45, 2.75) is 25.4 Å². The standard InChI is InChI=1S/C20H27N3O/c1-15-19(14-21-2)20(23-22-15)17-8-10-18(11-9-17)24-13-12-16-6-4-3-5-7-16/h3-11,15,19-23H,12-14H2,1-2H3. The first kappa shape index (κ1) is 17.0. The van der Waals surface area contributed by atoms with E-state index < -0.39 is 0 Å². The summed E-state index contributed by atoms with van der Waals surface area (Å²) >= 11 is 0. The molecule has 0 aromatic heterocycles. The van der Waals surface area contributed by atoms with E-state index in [-0.39, 0.29) is 0 Å². The molecule has 128 valence electrons. The fourth-order valence-electron chi connectivity index (χ4n) is 3.29. The predicted octanol–water partition coefficient (Wildman–Crippen LogP) is 2.68. The van der Waals surface area contributed by atoms with E-state index in [1.165, 1.54) is 11.1 Å². The Hall–Kier alpha value is -1.88. The molecular formula is C20H27N3O. The number of rotatable bonds is 7. The van der Waals surface area contributed by atoms with Crippen LogP contribution in [0, 0.1) is 5.92 Å². The molecule has 0 radical (unpaired) electrons. The average Bonchev–Trinajstić information content (AvgIpc) is 2.98. The summed E-state index contributed by atoms with van der Waals surface area (Å²) in [6, 6.07) is 19.7. The first-order chi connectivity index (χ1) is 11.8. The van der Waals surface area contributed by atoms with Crippen molar-refractivity contribution >= 4 is 0 Å². The number of nitrogens with one attached hydrogen (secondary N) is 3. The highest BCUT2D eigenvalue weighted by atomic mass is 16.5. The second kappa shape index (κ2) is 8.29. The SMILES string of the molecule is CNCC1C(C)NNC1c1ccc(OCCc2ccccc2)cc1. The highest BCUT2D eigenvalue weighted by Crippen LogP contribution is 2.29. The van der Waals surface area contributed by atoms with E-state index >= 15 is 0 Å². The summed E-state index contributed by atoms with van der Waals surface area (Å²) in [4.78, 5) is 0. The van der Waals surface area contributed by atoms with Gasteiger partial charge >= 0.3 is 0 Å². The predicted molar refractivity (Wildman–Crippen MR) is 98.0 cm³/mol. The molecule has 0 spiro atoms. The van der Waals surface area contributed by atoms with Crippen molar-refractivity contribution in [1.82, 2.24) is 16.2 Å². The molecule has 1 heterocycles. The van der Waals surface area contributed by atoms with Crippen molar-refractivity contribution < 1.29 is 4.74 Å². The molecular weight excluding hydrogens is 298 g/mol. The lowest BCUT2D eigenvalue weighted by atomic mass is 9.90. The van der Waals surface area contributed by atoms with Crippen LogP contribution in [0.2, 0.25) is 0 Å². The molecule has 1 fully saturated rings. The first-order valence-corrected chi connectivity index (χ1v) is 8.70. The third-order valence-corrected chi connectivity index (χ3v) is 4.72. The van der Waals surface area contributed by atoms with Gasteiger partial charge in [-0.05, 0) is 37.2 Å². The van der Waals surface area contributed by atoms with E-state index in [2.05, 4.69) is 71.6 Å². The molecule has 3 rings (SSSR count). The fourth-order valence-corrected chi connectivity index (χ4v) is 3.29. The fraction of sp³-hybridized carbons (Fsp3) is 0.400.